The summed E-state index contributed by atoms with van der Waals surface area (Å²) in [5, 5.41) is 8.94. The zero-order valence-corrected chi connectivity index (χ0v) is 14.2. The second-order valence-corrected chi connectivity index (χ2v) is 6.13. The fourth-order valence-corrected chi connectivity index (χ4v) is 3.05. The summed E-state index contributed by atoms with van der Waals surface area (Å²) in [5.74, 6) is 1.80. The minimum absolute atomic E-state index is 0.0556. The van der Waals surface area contributed by atoms with E-state index in [1.54, 1.807) is 18.2 Å². The Morgan fingerprint density at radius 2 is 1.96 bits per heavy atom. The van der Waals surface area contributed by atoms with Crippen LogP contribution >= 0.6 is 0 Å². The van der Waals surface area contributed by atoms with Gasteiger partial charge in [0.15, 0.2) is 11.4 Å². The molecule has 1 fully saturated rings. The molecule has 1 N–H and O–H groups in total. The molecule has 1 aliphatic heterocycles. The van der Waals surface area contributed by atoms with Crippen molar-refractivity contribution in [3.63, 3.8) is 0 Å². The van der Waals surface area contributed by atoms with Crippen molar-refractivity contribution >= 4 is 23.0 Å². The summed E-state index contributed by atoms with van der Waals surface area (Å²) < 4.78 is 6.50. The van der Waals surface area contributed by atoms with E-state index in [1.807, 2.05) is 0 Å². The Hall–Kier alpha value is -3.05. The summed E-state index contributed by atoms with van der Waals surface area (Å²) >= 11 is 0. The van der Waals surface area contributed by atoms with Crippen LogP contribution in [0.5, 0.6) is 0 Å². The molecule has 0 radical (unpaired) electrons. The molecule has 136 valence electrons. The van der Waals surface area contributed by atoms with Crippen LogP contribution in [-0.2, 0) is 6.54 Å². The average Bonchev–Trinajstić information content (AvgIpc) is 2.95. The lowest BCUT2D eigenvalue weighted by atomic mass is 10.1. The molecule has 2 aromatic rings. The maximum Gasteiger partial charge on any atom is 0.420 e. The number of hydrogen-bond donors (Lipinski definition) is 1. The topological polar surface area (TPSA) is 96.0 Å². The summed E-state index contributed by atoms with van der Waals surface area (Å²) in [4.78, 5) is 38.5. The minimum atomic E-state index is -0.910. The van der Waals surface area contributed by atoms with E-state index in [1.165, 1.54) is 9.47 Å². The number of piperazine rings is 1. The first-order valence-electron chi connectivity index (χ1n) is 8.30. The van der Waals surface area contributed by atoms with E-state index in [-0.39, 0.29) is 12.3 Å². The molecular formula is C18H19N3O5. The molecule has 0 unspecified atom stereocenters. The number of nitrogens with zero attached hydrogens (tertiary/aromatic N) is 3. The molecule has 0 atom stereocenters. The third-order valence-electron chi connectivity index (χ3n) is 4.54. The number of carbonyl (C=O) groups is 2. The maximum atomic E-state index is 12.4. The highest BCUT2D eigenvalue weighted by molar-refractivity contribution is 5.98. The third-order valence-corrected chi connectivity index (χ3v) is 4.54. The quantitative estimate of drug-likeness (QED) is 0.636. The van der Waals surface area contributed by atoms with Gasteiger partial charge in [-0.2, -0.15) is 0 Å². The summed E-state index contributed by atoms with van der Waals surface area (Å²) in [6.07, 6.45) is 4.65. The van der Waals surface area contributed by atoms with E-state index in [0.717, 1.165) is 0 Å². The highest BCUT2D eigenvalue weighted by atomic mass is 16.4. The largest absolute Gasteiger partial charge is 0.465 e. The van der Waals surface area contributed by atoms with Gasteiger partial charge in [0.25, 0.3) is 0 Å². The number of fused-ring (bicyclic) bond motifs is 1. The molecule has 0 spiro atoms. The molecule has 0 saturated carbocycles. The van der Waals surface area contributed by atoms with E-state index in [2.05, 4.69) is 10.8 Å². The van der Waals surface area contributed by atoms with Crippen LogP contribution in [0.3, 0.4) is 0 Å². The zero-order chi connectivity index (χ0) is 18.7. The van der Waals surface area contributed by atoms with Crippen molar-refractivity contribution in [1.82, 2.24) is 14.4 Å². The van der Waals surface area contributed by atoms with Gasteiger partial charge in [0.2, 0.25) is 0 Å². The van der Waals surface area contributed by atoms with Crippen LogP contribution < -0.4 is 5.76 Å². The van der Waals surface area contributed by atoms with Gasteiger partial charge in [-0.15, -0.1) is 6.42 Å². The smallest absolute Gasteiger partial charge is 0.420 e. The Balaban J connectivity index is 1.63. The van der Waals surface area contributed by atoms with Crippen LogP contribution in [0.1, 0.15) is 16.8 Å². The van der Waals surface area contributed by atoms with Gasteiger partial charge < -0.3 is 14.4 Å². The molecule has 1 aromatic carbocycles. The first-order chi connectivity index (χ1) is 12.5. The van der Waals surface area contributed by atoms with Crippen molar-refractivity contribution in [2.45, 2.75) is 13.0 Å². The normalized spacial score (nSPS) is 15.1. The van der Waals surface area contributed by atoms with Crippen molar-refractivity contribution < 1.29 is 19.1 Å². The lowest BCUT2D eigenvalue weighted by Crippen LogP contribution is -2.48. The number of oxazole rings is 1. The summed E-state index contributed by atoms with van der Waals surface area (Å²) in [6, 6.07) is 4.89. The monoisotopic (exact) mass is 357 g/mol. The number of aromatic nitrogens is 1. The average molecular weight is 357 g/mol. The maximum absolute atomic E-state index is 12.4. The van der Waals surface area contributed by atoms with E-state index in [4.69, 9.17) is 15.9 Å². The zero-order valence-electron chi connectivity index (χ0n) is 14.2. The number of Topliss-reactive ketones (excluding diaryl/α,β-unsaturated/α-hetero) is 1. The number of rotatable bonds is 5. The molecule has 2 heterocycles. The van der Waals surface area contributed by atoms with Gasteiger partial charge in [-0.1, -0.05) is 5.92 Å². The Bertz CT molecular complexity index is 928. The lowest BCUT2D eigenvalue weighted by Gasteiger charge is -2.32. The van der Waals surface area contributed by atoms with Crippen LogP contribution in [-0.4, -0.2) is 64.1 Å². The lowest BCUT2D eigenvalue weighted by molar-refractivity contribution is 0.0899. The van der Waals surface area contributed by atoms with Crippen molar-refractivity contribution in [2.75, 3.05) is 32.7 Å². The molecule has 8 nitrogen and oxygen atoms in total. The Labute approximate surface area is 149 Å². The van der Waals surface area contributed by atoms with Gasteiger partial charge in [0, 0.05) is 44.7 Å². The van der Waals surface area contributed by atoms with Crippen molar-refractivity contribution in [1.29, 1.82) is 0 Å². The molecule has 1 aromatic heterocycles. The molecule has 8 heteroatoms. The van der Waals surface area contributed by atoms with Crippen LogP contribution in [0.15, 0.2) is 27.4 Å². The van der Waals surface area contributed by atoms with Gasteiger partial charge in [-0.3, -0.25) is 14.3 Å². The fourth-order valence-electron chi connectivity index (χ4n) is 3.05. The molecule has 1 amide bonds. The van der Waals surface area contributed by atoms with Gasteiger partial charge >= 0.3 is 11.8 Å². The molecule has 1 saturated heterocycles. The Morgan fingerprint density at radius 1 is 1.23 bits per heavy atom. The Kier molecular flexibility index (Phi) is 5.09. The summed E-state index contributed by atoms with van der Waals surface area (Å²) in [6.45, 7) is 2.80. The van der Waals surface area contributed by atoms with Gasteiger partial charge in [0.05, 0.1) is 12.1 Å². The second kappa shape index (κ2) is 7.45. The molecule has 1 aliphatic rings. The second-order valence-electron chi connectivity index (χ2n) is 6.13. The standard InChI is InChI=1S/C18H19N3O5/c1-2-6-21-14-4-3-13(12-16(14)26-18(21)25)15(22)5-7-19-8-10-20(11-9-19)17(23)24/h1,3-4,12H,5-11H2,(H,23,24). The molecular weight excluding hydrogens is 338 g/mol. The fraction of sp³-hybridized carbons (Fsp3) is 0.389. The van der Waals surface area contributed by atoms with E-state index >= 15 is 0 Å². The SMILES string of the molecule is C#CCn1c(=O)oc2cc(C(=O)CCN3CCN(C(=O)O)CC3)ccc21. The molecule has 26 heavy (non-hydrogen) atoms. The number of carboxylic acid groups (broad SMARTS) is 1. The first-order valence-corrected chi connectivity index (χ1v) is 8.30. The highest BCUT2D eigenvalue weighted by Gasteiger charge is 2.21. The van der Waals surface area contributed by atoms with Crippen LogP contribution in [0, 0.1) is 12.3 Å². The predicted octanol–water partition coefficient (Wildman–Crippen LogP) is 1.10. The number of hydrogen-bond acceptors (Lipinski definition) is 5. The number of terminal acetylenes is 1. The minimum Gasteiger partial charge on any atom is -0.465 e. The predicted molar refractivity (Wildman–Crippen MR) is 94.3 cm³/mol. The molecule has 0 bridgehead atoms. The molecule has 3 rings (SSSR count). The van der Waals surface area contributed by atoms with Gasteiger partial charge in [0.1, 0.15) is 0 Å². The van der Waals surface area contributed by atoms with Gasteiger partial charge in [-0.05, 0) is 18.2 Å². The number of benzene rings is 1. The van der Waals surface area contributed by atoms with Crippen LogP contribution in [0.4, 0.5) is 4.79 Å². The molecule has 0 aliphatic carbocycles. The Morgan fingerprint density at radius 3 is 2.62 bits per heavy atom. The van der Waals surface area contributed by atoms with Crippen LogP contribution in [0.2, 0.25) is 0 Å². The first kappa shape index (κ1) is 17.8. The van der Waals surface area contributed by atoms with Crippen molar-refractivity contribution in [3.8, 4) is 12.3 Å². The summed E-state index contributed by atoms with van der Waals surface area (Å²) in [5.41, 5.74) is 1.38. The third kappa shape index (κ3) is 3.63. The number of amides is 1. The van der Waals surface area contributed by atoms with E-state index in [9.17, 15) is 14.4 Å². The number of carbonyl (C=O) groups excluding carboxylic acids is 1. The van der Waals surface area contributed by atoms with Crippen molar-refractivity contribution in [2.24, 2.45) is 0 Å². The number of ketones is 1. The van der Waals surface area contributed by atoms with Gasteiger partial charge in [-0.25, -0.2) is 9.59 Å². The van der Waals surface area contributed by atoms with Crippen molar-refractivity contribution in [3.05, 3.63) is 34.3 Å². The van der Waals surface area contributed by atoms with E-state index in [0.29, 0.717) is 55.8 Å². The van der Waals surface area contributed by atoms with E-state index < -0.39 is 11.8 Å². The summed E-state index contributed by atoms with van der Waals surface area (Å²) in [7, 11) is 0. The van der Waals surface area contributed by atoms with Crippen LogP contribution in [0.25, 0.3) is 11.1 Å². The highest BCUT2D eigenvalue weighted by Crippen LogP contribution is 2.16.